The Morgan fingerprint density at radius 2 is 2.06 bits per heavy atom. The van der Waals surface area contributed by atoms with E-state index in [1.165, 1.54) is 0 Å². The van der Waals surface area contributed by atoms with Crippen LogP contribution in [0.1, 0.15) is 23.7 Å². The zero-order valence-electron chi connectivity index (χ0n) is 9.93. The number of halogens is 1. The number of hydrogen-bond donors (Lipinski definition) is 1. The van der Waals surface area contributed by atoms with Gasteiger partial charge in [-0.2, -0.15) is 5.10 Å². The van der Waals surface area contributed by atoms with E-state index in [0.717, 1.165) is 12.0 Å². The molecular weight excluding hydrogens is 252 g/mol. The van der Waals surface area contributed by atoms with E-state index in [2.05, 4.69) is 5.10 Å². The van der Waals surface area contributed by atoms with E-state index < -0.39 is 5.97 Å². The van der Waals surface area contributed by atoms with Crippen LogP contribution in [0.5, 0.6) is 0 Å². The maximum atomic E-state index is 11.2. The van der Waals surface area contributed by atoms with Gasteiger partial charge in [0, 0.05) is 23.3 Å². The second-order valence-electron chi connectivity index (χ2n) is 3.97. The van der Waals surface area contributed by atoms with Crippen LogP contribution in [-0.4, -0.2) is 20.9 Å². The first-order chi connectivity index (χ1) is 8.61. The normalized spacial score (nSPS) is 10.6. The van der Waals surface area contributed by atoms with Crippen LogP contribution < -0.4 is 0 Å². The summed E-state index contributed by atoms with van der Waals surface area (Å²) in [4.78, 5) is 11.2. The van der Waals surface area contributed by atoms with Crippen molar-refractivity contribution in [3.63, 3.8) is 0 Å². The molecule has 2 aromatic rings. The minimum atomic E-state index is -0.970. The number of aromatic carboxylic acids is 1. The van der Waals surface area contributed by atoms with Crippen molar-refractivity contribution in [3.8, 4) is 11.3 Å². The van der Waals surface area contributed by atoms with Gasteiger partial charge in [-0.25, -0.2) is 4.79 Å². The number of hydrogen-bond acceptors (Lipinski definition) is 2. The third-order valence-corrected chi connectivity index (χ3v) is 2.81. The van der Waals surface area contributed by atoms with Gasteiger partial charge < -0.3 is 5.11 Å². The Balaban J connectivity index is 2.47. The van der Waals surface area contributed by atoms with Gasteiger partial charge >= 0.3 is 5.97 Å². The fraction of sp³-hybridized carbons (Fsp3) is 0.231. The number of aryl methyl sites for hydroxylation is 1. The molecular formula is C13H13ClN2O2. The van der Waals surface area contributed by atoms with E-state index in [1.807, 2.05) is 6.92 Å². The molecule has 94 valence electrons. The van der Waals surface area contributed by atoms with Gasteiger partial charge in [-0.3, -0.25) is 4.68 Å². The minimum absolute atomic E-state index is 0.214. The average molecular weight is 265 g/mol. The van der Waals surface area contributed by atoms with Crippen molar-refractivity contribution in [1.82, 2.24) is 9.78 Å². The zero-order chi connectivity index (χ0) is 13.1. The summed E-state index contributed by atoms with van der Waals surface area (Å²) in [6, 6.07) is 6.99. The molecule has 0 radical (unpaired) electrons. The third kappa shape index (κ3) is 2.54. The number of carbonyl (C=O) groups is 1. The molecule has 5 heteroatoms. The standard InChI is InChI=1S/C13H13ClN2O2/c1-2-7-16-8-11(13(17)18)12(15-16)9-3-5-10(14)6-4-9/h3-6,8H,2,7H2,1H3,(H,17,18). The molecule has 1 aromatic heterocycles. The molecule has 0 fully saturated rings. The van der Waals surface area contributed by atoms with Crippen molar-refractivity contribution in [3.05, 3.63) is 41.0 Å². The van der Waals surface area contributed by atoms with Gasteiger partial charge in [0.15, 0.2) is 0 Å². The Morgan fingerprint density at radius 1 is 1.39 bits per heavy atom. The Hall–Kier alpha value is -1.81. The molecule has 0 saturated heterocycles. The molecule has 0 saturated carbocycles. The van der Waals surface area contributed by atoms with Crippen LogP contribution in [0, 0.1) is 0 Å². The van der Waals surface area contributed by atoms with Crippen molar-refractivity contribution < 1.29 is 9.90 Å². The molecule has 1 aromatic carbocycles. The first-order valence-electron chi connectivity index (χ1n) is 5.68. The molecule has 0 aliphatic rings. The average Bonchev–Trinajstić information content (AvgIpc) is 2.75. The highest BCUT2D eigenvalue weighted by molar-refractivity contribution is 6.30. The lowest BCUT2D eigenvalue weighted by Crippen LogP contribution is -1.97. The van der Waals surface area contributed by atoms with Gasteiger partial charge in [0.1, 0.15) is 11.3 Å². The molecule has 18 heavy (non-hydrogen) atoms. The Morgan fingerprint density at radius 3 is 2.61 bits per heavy atom. The number of carboxylic acids is 1. The van der Waals surface area contributed by atoms with Crippen LogP contribution in [0.15, 0.2) is 30.5 Å². The molecule has 2 rings (SSSR count). The first-order valence-corrected chi connectivity index (χ1v) is 6.06. The van der Waals surface area contributed by atoms with Crippen molar-refractivity contribution in [2.24, 2.45) is 0 Å². The molecule has 0 atom stereocenters. The van der Waals surface area contributed by atoms with E-state index in [-0.39, 0.29) is 5.56 Å². The maximum Gasteiger partial charge on any atom is 0.339 e. The minimum Gasteiger partial charge on any atom is -0.478 e. The summed E-state index contributed by atoms with van der Waals surface area (Å²) < 4.78 is 1.66. The molecule has 1 N–H and O–H groups in total. The summed E-state index contributed by atoms with van der Waals surface area (Å²) in [5.41, 5.74) is 1.45. The van der Waals surface area contributed by atoms with Gasteiger partial charge in [0.05, 0.1) is 0 Å². The van der Waals surface area contributed by atoms with E-state index in [0.29, 0.717) is 17.3 Å². The Kier molecular flexibility index (Phi) is 3.67. The van der Waals surface area contributed by atoms with E-state index in [1.54, 1.807) is 35.1 Å². The molecule has 0 aliphatic heterocycles. The van der Waals surface area contributed by atoms with E-state index in [9.17, 15) is 9.90 Å². The fourth-order valence-electron chi connectivity index (χ4n) is 1.74. The quantitative estimate of drug-likeness (QED) is 0.922. The second kappa shape index (κ2) is 5.23. The Labute approximate surface area is 110 Å². The van der Waals surface area contributed by atoms with Crippen molar-refractivity contribution in [2.75, 3.05) is 0 Å². The van der Waals surface area contributed by atoms with Gasteiger partial charge in [-0.1, -0.05) is 30.7 Å². The highest BCUT2D eigenvalue weighted by Crippen LogP contribution is 2.24. The number of aromatic nitrogens is 2. The molecule has 0 bridgehead atoms. The van der Waals surface area contributed by atoms with Gasteiger partial charge in [0.2, 0.25) is 0 Å². The maximum absolute atomic E-state index is 11.2. The SMILES string of the molecule is CCCn1cc(C(=O)O)c(-c2ccc(Cl)cc2)n1. The molecule has 0 unspecified atom stereocenters. The summed E-state index contributed by atoms with van der Waals surface area (Å²) in [5.74, 6) is -0.970. The summed E-state index contributed by atoms with van der Waals surface area (Å²) in [6.07, 6.45) is 2.47. The molecule has 4 nitrogen and oxygen atoms in total. The highest BCUT2D eigenvalue weighted by Gasteiger charge is 2.16. The smallest absolute Gasteiger partial charge is 0.339 e. The van der Waals surface area contributed by atoms with E-state index >= 15 is 0 Å². The lowest BCUT2D eigenvalue weighted by atomic mass is 10.1. The number of carboxylic acid groups (broad SMARTS) is 1. The van der Waals surface area contributed by atoms with Gasteiger partial charge in [0.25, 0.3) is 0 Å². The molecule has 1 heterocycles. The predicted molar refractivity (Wildman–Crippen MR) is 69.9 cm³/mol. The second-order valence-corrected chi connectivity index (χ2v) is 4.40. The summed E-state index contributed by atoms with van der Waals surface area (Å²) in [6.45, 7) is 2.72. The number of benzene rings is 1. The summed E-state index contributed by atoms with van der Waals surface area (Å²) in [5, 5.41) is 14.1. The van der Waals surface area contributed by atoms with Crippen molar-refractivity contribution in [1.29, 1.82) is 0 Å². The lowest BCUT2D eigenvalue weighted by molar-refractivity contribution is 0.0697. The fourth-order valence-corrected chi connectivity index (χ4v) is 1.87. The predicted octanol–water partition coefficient (Wildman–Crippen LogP) is 3.31. The molecule has 0 aliphatic carbocycles. The van der Waals surface area contributed by atoms with E-state index in [4.69, 9.17) is 11.6 Å². The summed E-state index contributed by atoms with van der Waals surface area (Å²) >= 11 is 5.81. The van der Waals surface area contributed by atoms with Crippen LogP contribution >= 0.6 is 11.6 Å². The van der Waals surface area contributed by atoms with Crippen LogP contribution in [0.4, 0.5) is 0 Å². The topological polar surface area (TPSA) is 55.1 Å². The molecule has 0 spiro atoms. The number of nitrogens with zero attached hydrogens (tertiary/aromatic N) is 2. The van der Waals surface area contributed by atoms with Crippen LogP contribution in [0.25, 0.3) is 11.3 Å². The third-order valence-electron chi connectivity index (χ3n) is 2.56. The van der Waals surface area contributed by atoms with Crippen molar-refractivity contribution >= 4 is 17.6 Å². The van der Waals surface area contributed by atoms with Crippen LogP contribution in [0.2, 0.25) is 5.02 Å². The zero-order valence-corrected chi connectivity index (χ0v) is 10.7. The van der Waals surface area contributed by atoms with Gasteiger partial charge in [-0.15, -0.1) is 0 Å². The van der Waals surface area contributed by atoms with Gasteiger partial charge in [-0.05, 0) is 18.6 Å². The summed E-state index contributed by atoms with van der Waals surface area (Å²) in [7, 11) is 0. The highest BCUT2D eigenvalue weighted by atomic mass is 35.5. The largest absolute Gasteiger partial charge is 0.478 e. The number of rotatable bonds is 4. The lowest BCUT2D eigenvalue weighted by Gasteiger charge is -1.99. The van der Waals surface area contributed by atoms with Crippen molar-refractivity contribution in [2.45, 2.75) is 19.9 Å². The monoisotopic (exact) mass is 264 g/mol. The first kappa shape index (κ1) is 12.6. The van der Waals surface area contributed by atoms with Crippen LogP contribution in [-0.2, 0) is 6.54 Å². The van der Waals surface area contributed by atoms with Crippen LogP contribution in [0.3, 0.4) is 0 Å². The Bertz CT molecular complexity index is 561. The molecule has 0 amide bonds.